The van der Waals surface area contributed by atoms with Crippen molar-refractivity contribution in [3.05, 3.63) is 11.5 Å². The Kier molecular flexibility index (Phi) is 3.91. The standard InChI is InChI=1S/C6H6N2S3/c1-5-2-8-6(11-5)10-4-9-3-7/h1-2,4H2. The molecular weight excluding hydrogens is 196 g/mol. The normalized spacial score (nSPS) is 16.3. The molecule has 0 fully saturated rings. The highest BCUT2D eigenvalue weighted by Gasteiger charge is 2.10. The minimum atomic E-state index is 0.740. The molecule has 0 radical (unpaired) electrons. The summed E-state index contributed by atoms with van der Waals surface area (Å²) in [6, 6.07) is 0. The maximum atomic E-state index is 8.23. The summed E-state index contributed by atoms with van der Waals surface area (Å²) >= 11 is 4.46. The maximum Gasteiger partial charge on any atom is 0.134 e. The largest absolute Gasteiger partial charge is 0.266 e. The SMILES string of the molecule is C=C1CN=C(SCSC#N)S1. The summed E-state index contributed by atoms with van der Waals surface area (Å²) in [4.78, 5) is 5.30. The first-order valence-corrected chi connectivity index (χ1v) is 5.65. The zero-order valence-electron chi connectivity index (χ0n) is 5.74. The summed E-state index contributed by atoms with van der Waals surface area (Å²) in [6.45, 7) is 4.54. The Labute approximate surface area is 78.5 Å². The van der Waals surface area contributed by atoms with Crippen LogP contribution in [0.15, 0.2) is 16.5 Å². The van der Waals surface area contributed by atoms with E-state index in [1.165, 1.54) is 11.8 Å². The molecule has 0 saturated heterocycles. The van der Waals surface area contributed by atoms with Gasteiger partial charge in [-0.05, 0) is 11.8 Å². The molecule has 0 unspecified atom stereocenters. The van der Waals surface area contributed by atoms with E-state index in [0.29, 0.717) is 0 Å². The molecule has 0 aliphatic carbocycles. The Morgan fingerprint density at radius 3 is 3.18 bits per heavy atom. The van der Waals surface area contributed by atoms with Crippen molar-refractivity contribution < 1.29 is 0 Å². The van der Waals surface area contributed by atoms with Crippen LogP contribution in [-0.2, 0) is 0 Å². The predicted octanol–water partition coefficient (Wildman–Crippen LogP) is 2.51. The second kappa shape index (κ2) is 4.75. The Hall–Kier alpha value is -0.0500. The van der Waals surface area contributed by atoms with Crippen LogP contribution in [0.2, 0.25) is 0 Å². The molecule has 1 aliphatic heterocycles. The summed E-state index contributed by atoms with van der Waals surface area (Å²) in [5.41, 5.74) is 0. The van der Waals surface area contributed by atoms with E-state index in [4.69, 9.17) is 5.26 Å². The molecule has 0 N–H and O–H groups in total. The monoisotopic (exact) mass is 202 g/mol. The fourth-order valence-corrected chi connectivity index (χ4v) is 3.06. The number of hydrogen-bond donors (Lipinski definition) is 0. The van der Waals surface area contributed by atoms with Gasteiger partial charge in [0.15, 0.2) is 0 Å². The molecule has 58 valence electrons. The molecule has 0 saturated carbocycles. The van der Waals surface area contributed by atoms with E-state index >= 15 is 0 Å². The van der Waals surface area contributed by atoms with Gasteiger partial charge in [0.25, 0.3) is 0 Å². The van der Waals surface area contributed by atoms with E-state index in [2.05, 4.69) is 11.6 Å². The molecule has 0 aromatic rings. The van der Waals surface area contributed by atoms with Gasteiger partial charge in [-0.2, -0.15) is 5.26 Å². The molecule has 2 nitrogen and oxygen atoms in total. The molecule has 1 aliphatic rings. The fraction of sp³-hybridized carbons (Fsp3) is 0.333. The molecule has 11 heavy (non-hydrogen) atoms. The van der Waals surface area contributed by atoms with E-state index in [1.54, 1.807) is 23.5 Å². The minimum absolute atomic E-state index is 0.740. The quantitative estimate of drug-likeness (QED) is 0.391. The number of thiocyanates is 1. The van der Waals surface area contributed by atoms with Gasteiger partial charge in [0.1, 0.15) is 9.78 Å². The van der Waals surface area contributed by atoms with Gasteiger partial charge in [-0.3, -0.25) is 4.99 Å². The molecule has 0 spiro atoms. The van der Waals surface area contributed by atoms with Crippen LogP contribution in [0.1, 0.15) is 0 Å². The van der Waals surface area contributed by atoms with E-state index in [-0.39, 0.29) is 0 Å². The molecule has 1 rings (SSSR count). The highest BCUT2D eigenvalue weighted by molar-refractivity contribution is 8.43. The van der Waals surface area contributed by atoms with Crippen LogP contribution >= 0.6 is 35.3 Å². The summed E-state index contributed by atoms with van der Waals surface area (Å²) in [6.07, 6.45) is 0. The van der Waals surface area contributed by atoms with Crippen molar-refractivity contribution in [2.24, 2.45) is 4.99 Å². The van der Waals surface area contributed by atoms with Crippen molar-refractivity contribution in [2.45, 2.75) is 0 Å². The number of aliphatic imine (C=N–C) groups is 1. The highest BCUT2D eigenvalue weighted by atomic mass is 32.2. The third-order valence-corrected chi connectivity index (χ3v) is 3.70. The number of nitrogens with zero attached hydrogens (tertiary/aromatic N) is 2. The summed E-state index contributed by atoms with van der Waals surface area (Å²) in [5, 5.41) is 11.0. The Balaban J connectivity index is 2.19. The van der Waals surface area contributed by atoms with Crippen LogP contribution in [0.4, 0.5) is 0 Å². The van der Waals surface area contributed by atoms with Crippen LogP contribution < -0.4 is 0 Å². The maximum absolute atomic E-state index is 8.23. The average molecular weight is 202 g/mol. The van der Waals surface area contributed by atoms with Gasteiger partial charge in [0, 0.05) is 4.91 Å². The summed E-state index contributed by atoms with van der Waals surface area (Å²) < 4.78 is 1.04. The Morgan fingerprint density at radius 1 is 1.82 bits per heavy atom. The van der Waals surface area contributed by atoms with Crippen molar-refractivity contribution in [1.29, 1.82) is 5.26 Å². The molecule has 0 amide bonds. The highest BCUT2D eigenvalue weighted by Crippen LogP contribution is 2.31. The third kappa shape index (κ3) is 3.23. The Morgan fingerprint density at radius 2 is 2.64 bits per heavy atom. The molecule has 0 atom stereocenters. The first-order chi connectivity index (χ1) is 5.33. The minimum Gasteiger partial charge on any atom is -0.266 e. The smallest absolute Gasteiger partial charge is 0.134 e. The van der Waals surface area contributed by atoms with Gasteiger partial charge in [-0.15, -0.1) is 0 Å². The lowest BCUT2D eigenvalue weighted by Gasteiger charge is -1.93. The Bertz CT molecular complexity index is 228. The molecular formula is C6H6N2S3. The van der Waals surface area contributed by atoms with E-state index in [0.717, 1.165) is 20.9 Å². The van der Waals surface area contributed by atoms with Gasteiger partial charge in [0.05, 0.1) is 11.6 Å². The molecule has 1 heterocycles. The zero-order chi connectivity index (χ0) is 8.10. The second-order valence-corrected chi connectivity index (χ2v) is 5.24. The van der Waals surface area contributed by atoms with E-state index in [1.807, 2.05) is 5.40 Å². The van der Waals surface area contributed by atoms with Gasteiger partial charge < -0.3 is 0 Å². The molecule has 0 aromatic carbocycles. The lowest BCUT2D eigenvalue weighted by Crippen LogP contribution is -1.78. The van der Waals surface area contributed by atoms with Gasteiger partial charge in [-0.1, -0.05) is 30.1 Å². The van der Waals surface area contributed by atoms with Crippen LogP contribution in [0.3, 0.4) is 0 Å². The van der Waals surface area contributed by atoms with Gasteiger partial charge in [0.2, 0.25) is 0 Å². The van der Waals surface area contributed by atoms with Crippen LogP contribution in [0, 0.1) is 10.7 Å². The number of thioether (sulfide) groups is 3. The van der Waals surface area contributed by atoms with Crippen LogP contribution in [0.5, 0.6) is 0 Å². The van der Waals surface area contributed by atoms with Crippen molar-refractivity contribution >= 4 is 39.7 Å². The summed E-state index contributed by atoms with van der Waals surface area (Å²) in [7, 11) is 0. The van der Waals surface area contributed by atoms with E-state index < -0.39 is 0 Å². The van der Waals surface area contributed by atoms with Crippen LogP contribution in [0.25, 0.3) is 0 Å². The van der Waals surface area contributed by atoms with Crippen LogP contribution in [-0.4, -0.2) is 16.0 Å². The lowest BCUT2D eigenvalue weighted by atomic mass is 10.6. The molecule has 0 bridgehead atoms. The molecule has 5 heteroatoms. The third-order valence-electron chi connectivity index (χ3n) is 0.922. The average Bonchev–Trinajstić information content (AvgIpc) is 2.37. The van der Waals surface area contributed by atoms with Crippen molar-refractivity contribution in [3.8, 4) is 5.40 Å². The number of nitriles is 1. The number of rotatable bonds is 2. The first kappa shape index (κ1) is 9.04. The van der Waals surface area contributed by atoms with Gasteiger partial charge in [-0.25, -0.2) is 0 Å². The lowest BCUT2D eigenvalue weighted by molar-refractivity contribution is 1.27. The fourth-order valence-electron chi connectivity index (χ4n) is 0.522. The van der Waals surface area contributed by atoms with E-state index in [9.17, 15) is 0 Å². The topological polar surface area (TPSA) is 36.1 Å². The van der Waals surface area contributed by atoms with Gasteiger partial charge >= 0.3 is 0 Å². The van der Waals surface area contributed by atoms with Crippen molar-refractivity contribution in [3.63, 3.8) is 0 Å². The van der Waals surface area contributed by atoms with Crippen molar-refractivity contribution in [2.75, 3.05) is 11.6 Å². The second-order valence-electron chi connectivity index (χ2n) is 1.72. The molecule has 0 aromatic heterocycles. The number of hydrogen-bond acceptors (Lipinski definition) is 5. The predicted molar refractivity (Wildman–Crippen MR) is 54.7 cm³/mol. The first-order valence-electron chi connectivity index (χ1n) is 2.86. The van der Waals surface area contributed by atoms with Crippen molar-refractivity contribution in [1.82, 2.24) is 0 Å². The zero-order valence-corrected chi connectivity index (χ0v) is 8.19. The summed E-state index contributed by atoms with van der Waals surface area (Å²) in [5.74, 6) is 0.